The quantitative estimate of drug-likeness (QED) is 0.178. The minimum atomic E-state index is 0. The van der Waals surface area contributed by atoms with Crippen LogP contribution in [0.1, 0.15) is 5.56 Å². The zero-order chi connectivity index (χ0) is 25.5. The third kappa shape index (κ3) is 8.74. The Balaban J connectivity index is 0.000000156. The van der Waals surface area contributed by atoms with Gasteiger partial charge in [-0.15, -0.1) is 83.9 Å². The van der Waals surface area contributed by atoms with Gasteiger partial charge in [0, 0.05) is 32.5 Å². The zero-order valence-corrected chi connectivity index (χ0v) is 23.4. The van der Waals surface area contributed by atoms with E-state index in [2.05, 4.69) is 53.3 Å². The molecule has 0 N–H and O–H groups in total. The second-order valence-electron chi connectivity index (χ2n) is 7.99. The fourth-order valence-corrected chi connectivity index (χ4v) is 3.51. The zero-order valence-electron chi connectivity index (χ0n) is 21.0. The third-order valence-corrected chi connectivity index (χ3v) is 5.34. The van der Waals surface area contributed by atoms with Gasteiger partial charge in [0.05, 0.1) is 0 Å². The van der Waals surface area contributed by atoms with Crippen LogP contribution >= 0.6 is 0 Å². The van der Waals surface area contributed by atoms with E-state index in [0.717, 1.165) is 33.6 Å². The average Bonchev–Trinajstić information content (AvgIpc) is 3.00. The Labute approximate surface area is 239 Å². The fourth-order valence-electron chi connectivity index (χ4n) is 3.51. The van der Waals surface area contributed by atoms with Gasteiger partial charge in [-0.3, -0.25) is 0 Å². The number of hydrogen-bond acceptors (Lipinski definition) is 2. The van der Waals surface area contributed by atoms with Crippen LogP contribution in [0.4, 0.5) is 0 Å². The first-order valence-electron chi connectivity index (χ1n) is 12.0. The summed E-state index contributed by atoms with van der Waals surface area (Å²) in [6.45, 7) is 2.09. The second kappa shape index (κ2) is 15.8. The smallest absolute Gasteiger partial charge is 0.0160 e. The summed E-state index contributed by atoms with van der Waals surface area (Å²) < 4.78 is 0. The molecule has 0 atom stereocenters. The third-order valence-electron chi connectivity index (χ3n) is 5.34. The number of pyridine rings is 2. The van der Waals surface area contributed by atoms with Crippen molar-refractivity contribution in [3.8, 4) is 33.6 Å². The summed E-state index contributed by atoms with van der Waals surface area (Å²) in [5.41, 5.74) is 7.51. The molecule has 3 heteroatoms. The largest absolute Gasteiger partial charge is 0.305 e. The number of aryl methyl sites for hydroxylation is 1. The molecule has 6 aromatic rings. The van der Waals surface area contributed by atoms with Crippen LogP contribution in [0.2, 0.25) is 0 Å². The number of rotatable bonds is 3. The Morgan fingerprint density at radius 1 is 0.447 bits per heavy atom. The Bertz CT molecular complexity index is 1290. The standard InChI is InChI=1S/C13H10.2C11H8N.Ir/c1-11-7-5-6-10-13(11)12-8-3-2-4-9-12;2*1-2-6-10(7-3-1)11-8-4-5-9-12-11;/h2-8H,1H3;2*1-6,8-9H;/q-2;2*-1;. The Hall–Kier alpha value is -4.17. The molecule has 0 saturated carbocycles. The molecule has 4 aromatic carbocycles. The van der Waals surface area contributed by atoms with Crippen molar-refractivity contribution < 1.29 is 20.1 Å². The van der Waals surface area contributed by atoms with E-state index in [4.69, 9.17) is 0 Å². The maximum absolute atomic E-state index is 4.22. The molecule has 0 amide bonds. The molecule has 0 spiro atoms. The molecule has 0 aliphatic heterocycles. The van der Waals surface area contributed by atoms with Crippen LogP contribution in [0.25, 0.3) is 33.6 Å². The monoisotopic (exact) mass is 667 g/mol. The summed E-state index contributed by atoms with van der Waals surface area (Å²) in [6.07, 6.45) is 3.58. The van der Waals surface area contributed by atoms with E-state index in [1.807, 2.05) is 115 Å². The van der Waals surface area contributed by atoms with Crippen molar-refractivity contribution >= 4 is 0 Å². The van der Waals surface area contributed by atoms with Crippen molar-refractivity contribution in [2.24, 2.45) is 0 Å². The molecule has 6 rings (SSSR count). The van der Waals surface area contributed by atoms with E-state index < -0.39 is 0 Å². The predicted octanol–water partition coefficient (Wildman–Crippen LogP) is 8.36. The molecule has 0 unspecified atom stereocenters. The molecule has 189 valence electrons. The summed E-state index contributed by atoms with van der Waals surface area (Å²) >= 11 is 0. The van der Waals surface area contributed by atoms with Crippen LogP contribution in [-0.2, 0) is 20.1 Å². The van der Waals surface area contributed by atoms with E-state index >= 15 is 0 Å². The van der Waals surface area contributed by atoms with Crippen molar-refractivity contribution in [3.63, 3.8) is 0 Å². The Morgan fingerprint density at radius 2 is 0.895 bits per heavy atom. The van der Waals surface area contributed by atoms with E-state index in [1.165, 1.54) is 5.56 Å². The van der Waals surface area contributed by atoms with Gasteiger partial charge in [0.15, 0.2) is 0 Å². The van der Waals surface area contributed by atoms with Crippen molar-refractivity contribution in [2.75, 3.05) is 0 Å². The molecule has 2 aromatic heterocycles. The van der Waals surface area contributed by atoms with Crippen LogP contribution in [0, 0.1) is 31.2 Å². The summed E-state index contributed by atoms with van der Waals surface area (Å²) in [4.78, 5) is 8.44. The summed E-state index contributed by atoms with van der Waals surface area (Å²) in [6, 6.07) is 54.1. The molecule has 0 saturated heterocycles. The molecule has 0 aliphatic rings. The topological polar surface area (TPSA) is 25.8 Å². The second-order valence-corrected chi connectivity index (χ2v) is 7.99. The molecule has 2 nitrogen and oxygen atoms in total. The minimum absolute atomic E-state index is 0. The first kappa shape index (κ1) is 28.4. The first-order chi connectivity index (χ1) is 18.3. The van der Waals surface area contributed by atoms with Crippen LogP contribution in [0.3, 0.4) is 0 Å². The maximum atomic E-state index is 4.22. The molecule has 0 aliphatic carbocycles. The van der Waals surface area contributed by atoms with Gasteiger partial charge in [-0.2, -0.15) is 48.0 Å². The van der Waals surface area contributed by atoms with E-state index in [1.54, 1.807) is 12.4 Å². The van der Waals surface area contributed by atoms with Gasteiger partial charge >= 0.3 is 0 Å². The summed E-state index contributed by atoms with van der Waals surface area (Å²) in [5, 5.41) is 0. The van der Waals surface area contributed by atoms with Crippen molar-refractivity contribution in [2.45, 2.75) is 6.92 Å². The summed E-state index contributed by atoms with van der Waals surface area (Å²) in [7, 11) is 0. The Kier molecular flexibility index (Phi) is 11.8. The summed E-state index contributed by atoms with van der Waals surface area (Å²) in [5.74, 6) is 0. The van der Waals surface area contributed by atoms with Gasteiger partial charge in [-0.25, -0.2) is 11.1 Å². The van der Waals surface area contributed by atoms with Gasteiger partial charge in [0.2, 0.25) is 0 Å². The van der Waals surface area contributed by atoms with E-state index in [-0.39, 0.29) is 20.1 Å². The van der Waals surface area contributed by atoms with Crippen LogP contribution in [-0.4, -0.2) is 9.97 Å². The molecular weight excluding hydrogens is 641 g/mol. The molecular formula is C35H26IrN2-4. The number of hydrogen-bond donors (Lipinski definition) is 0. The van der Waals surface area contributed by atoms with E-state index in [9.17, 15) is 0 Å². The predicted molar refractivity (Wildman–Crippen MR) is 151 cm³/mol. The van der Waals surface area contributed by atoms with Crippen molar-refractivity contribution in [3.05, 3.63) is 170 Å². The van der Waals surface area contributed by atoms with Gasteiger partial charge < -0.3 is 9.97 Å². The molecule has 0 fully saturated rings. The molecule has 2 heterocycles. The molecule has 0 bridgehead atoms. The van der Waals surface area contributed by atoms with Gasteiger partial charge in [0.25, 0.3) is 0 Å². The Morgan fingerprint density at radius 3 is 1.29 bits per heavy atom. The molecule has 1 radical (unpaired) electrons. The van der Waals surface area contributed by atoms with Gasteiger partial charge in [-0.1, -0.05) is 31.2 Å². The van der Waals surface area contributed by atoms with Crippen molar-refractivity contribution in [1.82, 2.24) is 9.97 Å². The van der Waals surface area contributed by atoms with E-state index in [0.29, 0.717) is 0 Å². The van der Waals surface area contributed by atoms with Crippen LogP contribution in [0.15, 0.2) is 140 Å². The van der Waals surface area contributed by atoms with Crippen molar-refractivity contribution in [1.29, 1.82) is 0 Å². The first-order valence-corrected chi connectivity index (χ1v) is 12.0. The normalized spacial score (nSPS) is 9.50. The maximum Gasteiger partial charge on any atom is 0.0160 e. The van der Waals surface area contributed by atoms with Gasteiger partial charge in [-0.05, 0) is 23.5 Å². The number of aromatic nitrogens is 2. The number of nitrogens with zero attached hydrogens (tertiary/aromatic N) is 2. The SMILES string of the molecule is Cc1ccc[c-]c1-c1[c-]cccc1.[Ir].[c-]1ccccc1-c1ccccn1.[c-]1ccccc1-c1ccccn1. The average molecular weight is 667 g/mol. The molecule has 38 heavy (non-hydrogen) atoms. The van der Waals surface area contributed by atoms with Gasteiger partial charge in [0.1, 0.15) is 0 Å². The fraction of sp³-hybridized carbons (Fsp3) is 0.0286. The minimum Gasteiger partial charge on any atom is -0.305 e. The number of benzene rings is 4. The van der Waals surface area contributed by atoms with Crippen LogP contribution < -0.4 is 0 Å². The van der Waals surface area contributed by atoms with Crippen LogP contribution in [0.5, 0.6) is 0 Å².